The summed E-state index contributed by atoms with van der Waals surface area (Å²) < 4.78 is 62.8. The van der Waals surface area contributed by atoms with Crippen molar-refractivity contribution in [2.75, 3.05) is 19.8 Å². The van der Waals surface area contributed by atoms with Gasteiger partial charge in [0.25, 0.3) is 6.47 Å². The van der Waals surface area contributed by atoms with Crippen molar-refractivity contribution in [1.82, 2.24) is 5.32 Å². The van der Waals surface area contributed by atoms with Crippen LogP contribution in [0.2, 0.25) is 0 Å². The Bertz CT molecular complexity index is 1300. The van der Waals surface area contributed by atoms with Gasteiger partial charge in [-0.3, -0.25) is 18.9 Å². The van der Waals surface area contributed by atoms with Crippen molar-refractivity contribution in [3.63, 3.8) is 0 Å². The summed E-state index contributed by atoms with van der Waals surface area (Å²) in [5.74, 6) is 0.0312. The molecule has 0 bridgehead atoms. The van der Waals surface area contributed by atoms with E-state index in [9.17, 15) is 37.6 Å². The van der Waals surface area contributed by atoms with Crippen molar-refractivity contribution in [1.29, 1.82) is 0 Å². The summed E-state index contributed by atoms with van der Waals surface area (Å²) in [4.78, 5) is 34.6. The van der Waals surface area contributed by atoms with E-state index < -0.39 is 47.7 Å². The van der Waals surface area contributed by atoms with Crippen LogP contribution in [0.15, 0.2) is 36.6 Å². The van der Waals surface area contributed by atoms with Crippen molar-refractivity contribution in [3.05, 3.63) is 42.2 Å². The minimum absolute atomic E-state index is 0.0108. The number of nitrogens with one attached hydrogen (secondary N) is 1. The normalized spacial score (nSPS) is 23.3. The van der Waals surface area contributed by atoms with Crippen molar-refractivity contribution in [3.8, 4) is 11.5 Å². The van der Waals surface area contributed by atoms with Crippen LogP contribution >= 0.6 is 0 Å². The molecule has 0 spiro atoms. The van der Waals surface area contributed by atoms with Crippen molar-refractivity contribution in [2.24, 2.45) is 0 Å². The highest BCUT2D eigenvalue weighted by Crippen LogP contribution is 2.38. The molecule has 0 saturated carbocycles. The maximum atomic E-state index is 12.6. The number of unbranched alkanes of at least 4 members (excludes halogenated alkanes) is 2. The van der Waals surface area contributed by atoms with Gasteiger partial charge in [0.05, 0.1) is 13.0 Å². The van der Waals surface area contributed by atoms with Crippen molar-refractivity contribution >= 4 is 34.3 Å². The Kier molecular flexibility index (Phi) is 12.5. The molecule has 1 saturated heterocycles. The van der Waals surface area contributed by atoms with Crippen molar-refractivity contribution in [2.45, 2.75) is 69.7 Å². The summed E-state index contributed by atoms with van der Waals surface area (Å²) in [6.45, 7) is 5.91. The van der Waals surface area contributed by atoms with Crippen LogP contribution in [-0.4, -0.2) is 92.0 Å². The molecule has 2 aliphatic rings. The quantitative estimate of drug-likeness (QED) is 0.0862. The summed E-state index contributed by atoms with van der Waals surface area (Å²) in [5.41, 5.74) is 1.15. The van der Waals surface area contributed by atoms with E-state index in [2.05, 4.69) is 20.8 Å². The molecule has 5 atom stereocenters. The topological polar surface area (TPSA) is 213 Å². The fourth-order valence-electron chi connectivity index (χ4n) is 4.43. The molecule has 16 heteroatoms. The summed E-state index contributed by atoms with van der Waals surface area (Å²) >= 11 is 0. The predicted octanol–water partition coefficient (Wildman–Crippen LogP) is 0.792. The molecule has 5 unspecified atom stereocenters. The molecule has 2 heterocycles. The lowest BCUT2D eigenvalue weighted by molar-refractivity contribution is -0.272. The maximum Gasteiger partial charge on any atom is 0.397 e. The summed E-state index contributed by atoms with van der Waals surface area (Å²) in [5, 5.41) is 23.6. The first kappa shape index (κ1) is 34.0. The Morgan fingerprint density at radius 1 is 1.16 bits per heavy atom. The fraction of sp³-hybridized carbons (Fsp3) is 0.519. The van der Waals surface area contributed by atoms with Gasteiger partial charge in [0.2, 0.25) is 12.2 Å². The van der Waals surface area contributed by atoms with Gasteiger partial charge in [-0.1, -0.05) is 13.0 Å². The van der Waals surface area contributed by atoms with Gasteiger partial charge in [-0.2, -0.15) is 8.42 Å². The monoisotopic (exact) mass is 629 g/mol. The number of carbonyl (C=O) groups excluding carboxylic acids is 3. The van der Waals surface area contributed by atoms with Crippen LogP contribution in [0.25, 0.3) is 5.57 Å². The SMILES string of the molecule is C=C1C=C(CC(=O)NCCCCCC(=O)OCC)c2ccc(OC3OC(COC=O)C(O)C(O)C3OS(=O)(=O)O)cc2O1. The van der Waals surface area contributed by atoms with Gasteiger partial charge in [0.1, 0.15) is 42.2 Å². The van der Waals surface area contributed by atoms with Crippen LogP contribution in [0.5, 0.6) is 11.5 Å². The number of amides is 1. The maximum absolute atomic E-state index is 12.6. The molecule has 238 valence electrons. The molecule has 0 aromatic heterocycles. The summed E-state index contributed by atoms with van der Waals surface area (Å²) in [7, 11) is -5.12. The molecular weight excluding hydrogens is 594 g/mol. The Morgan fingerprint density at radius 3 is 2.63 bits per heavy atom. The number of esters is 1. The van der Waals surface area contributed by atoms with E-state index in [0.29, 0.717) is 43.6 Å². The third kappa shape index (κ3) is 10.3. The standard InChI is InChI=1S/C27H35NO14S/c1-3-38-23(31)7-5-4-6-10-28-22(30)12-17-11-16(2)39-20-13-18(8-9-19(17)20)40-27-26(42-43(34,35)36)25(33)24(32)21(41-27)14-37-15-29/h8-9,11,13,15,21,24-27,32-33H,2-7,10,12,14H2,1H3,(H,28,30)(H,34,35,36). The van der Waals surface area contributed by atoms with Gasteiger partial charge < -0.3 is 39.2 Å². The molecule has 2 aliphatic heterocycles. The van der Waals surface area contributed by atoms with Gasteiger partial charge in [-0.15, -0.1) is 0 Å². The lowest BCUT2D eigenvalue weighted by Gasteiger charge is -2.40. The Hall–Kier alpha value is -3.54. The molecule has 1 fully saturated rings. The summed E-state index contributed by atoms with van der Waals surface area (Å²) in [6, 6.07) is 4.43. The molecule has 0 aliphatic carbocycles. The number of fused-ring (bicyclic) bond motifs is 1. The third-order valence-electron chi connectivity index (χ3n) is 6.37. The second-order valence-electron chi connectivity index (χ2n) is 9.60. The smallest absolute Gasteiger partial charge is 0.397 e. The molecule has 15 nitrogen and oxygen atoms in total. The molecular formula is C27H35NO14S. The van der Waals surface area contributed by atoms with Gasteiger partial charge in [-0.05, 0) is 43.5 Å². The van der Waals surface area contributed by atoms with E-state index in [1.807, 2.05) is 0 Å². The second-order valence-corrected chi connectivity index (χ2v) is 10.6. The second kappa shape index (κ2) is 15.8. The number of hydrogen-bond acceptors (Lipinski definition) is 13. The Balaban J connectivity index is 1.65. The van der Waals surface area contributed by atoms with E-state index in [1.54, 1.807) is 19.1 Å². The van der Waals surface area contributed by atoms with E-state index in [-0.39, 0.29) is 42.0 Å². The van der Waals surface area contributed by atoms with Gasteiger partial charge in [0.15, 0.2) is 6.10 Å². The largest absolute Gasteiger partial charge is 0.466 e. The summed E-state index contributed by atoms with van der Waals surface area (Å²) in [6.07, 6.45) is -4.58. The third-order valence-corrected chi connectivity index (χ3v) is 6.83. The van der Waals surface area contributed by atoms with Gasteiger partial charge in [0, 0.05) is 24.6 Å². The highest BCUT2D eigenvalue weighted by molar-refractivity contribution is 7.80. The molecule has 4 N–H and O–H groups in total. The lowest BCUT2D eigenvalue weighted by Crippen LogP contribution is -2.61. The minimum atomic E-state index is -5.12. The van der Waals surface area contributed by atoms with Crippen LogP contribution in [-0.2, 0) is 43.2 Å². The number of carbonyl (C=O) groups is 3. The molecule has 1 aromatic carbocycles. The van der Waals surface area contributed by atoms with Crippen LogP contribution in [0.4, 0.5) is 0 Å². The number of hydrogen-bond donors (Lipinski definition) is 4. The number of ether oxygens (including phenoxy) is 5. The molecule has 3 rings (SSSR count). The van der Waals surface area contributed by atoms with Gasteiger partial charge in [-0.25, -0.2) is 4.18 Å². The Labute approximate surface area is 248 Å². The zero-order chi connectivity index (χ0) is 31.6. The number of aliphatic hydroxyl groups excluding tert-OH is 2. The molecule has 1 amide bonds. The number of allylic oxidation sites excluding steroid dienone is 1. The molecule has 1 aromatic rings. The first-order valence-electron chi connectivity index (χ1n) is 13.4. The molecule has 43 heavy (non-hydrogen) atoms. The first-order chi connectivity index (χ1) is 20.4. The minimum Gasteiger partial charge on any atom is -0.466 e. The van der Waals surface area contributed by atoms with E-state index in [1.165, 1.54) is 12.1 Å². The van der Waals surface area contributed by atoms with Crippen LogP contribution in [0, 0.1) is 0 Å². The first-order valence-corrected chi connectivity index (χ1v) is 14.8. The fourth-order valence-corrected chi connectivity index (χ4v) is 4.92. The van der Waals surface area contributed by atoms with Crippen LogP contribution in [0.1, 0.15) is 44.6 Å². The average Bonchev–Trinajstić information content (AvgIpc) is 2.93. The van der Waals surface area contributed by atoms with Crippen molar-refractivity contribution < 1.29 is 65.4 Å². The average molecular weight is 630 g/mol. The predicted molar refractivity (Wildman–Crippen MR) is 147 cm³/mol. The van der Waals surface area contributed by atoms with Crippen LogP contribution < -0.4 is 14.8 Å². The number of rotatable bonds is 16. The zero-order valence-corrected chi connectivity index (χ0v) is 24.2. The highest BCUT2D eigenvalue weighted by atomic mass is 32.3. The Morgan fingerprint density at radius 2 is 1.93 bits per heavy atom. The zero-order valence-electron chi connectivity index (χ0n) is 23.4. The number of benzene rings is 1. The van der Waals surface area contributed by atoms with E-state index in [4.69, 9.17) is 18.9 Å². The number of aliphatic hydroxyl groups is 2. The lowest BCUT2D eigenvalue weighted by atomic mass is 9.98. The molecule has 0 radical (unpaired) electrons. The highest BCUT2D eigenvalue weighted by Gasteiger charge is 2.49. The van der Waals surface area contributed by atoms with Crippen LogP contribution in [0.3, 0.4) is 0 Å². The van der Waals surface area contributed by atoms with Gasteiger partial charge >= 0.3 is 16.4 Å². The van der Waals surface area contributed by atoms with E-state index in [0.717, 1.165) is 6.42 Å². The van der Waals surface area contributed by atoms with E-state index >= 15 is 0 Å².